The van der Waals surface area contributed by atoms with Gasteiger partial charge in [-0.1, -0.05) is 30.3 Å². The van der Waals surface area contributed by atoms with Crippen LogP contribution in [0.4, 0.5) is 0 Å². The summed E-state index contributed by atoms with van der Waals surface area (Å²) < 4.78 is 1.45. The zero-order chi connectivity index (χ0) is 14.3. The second-order valence-corrected chi connectivity index (χ2v) is 4.42. The van der Waals surface area contributed by atoms with E-state index < -0.39 is 5.97 Å². The van der Waals surface area contributed by atoms with Crippen molar-refractivity contribution in [3.63, 3.8) is 0 Å². The number of carboxylic acid groups (broad SMARTS) is 1. The third-order valence-corrected chi connectivity index (χ3v) is 3.19. The summed E-state index contributed by atoms with van der Waals surface area (Å²) in [7, 11) is 0. The van der Waals surface area contributed by atoms with E-state index >= 15 is 0 Å². The van der Waals surface area contributed by atoms with Crippen molar-refractivity contribution < 1.29 is 9.90 Å². The molecule has 0 fully saturated rings. The van der Waals surface area contributed by atoms with E-state index in [-0.39, 0.29) is 16.8 Å². The van der Waals surface area contributed by atoms with Crippen molar-refractivity contribution in [1.82, 2.24) is 14.6 Å². The Morgan fingerprint density at radius 1 is 1.30 bits per heavy atom. The Morgan fingerprint density at radius 2 is 2.00 bits per heavy atom. The fraction of sp³-hybridized carbons (Fsp3) is 0.0714. The molecule has 0 unspecified atom stereocenters. The molecule has 0 aliphatic carbocycles. The first kappa shape index (κ1) is 12.2. The summed E-state index contributed by atoms with van der Waals surface area (Å²) in [5.74, 6) is -1.13. The summed E-state index contributed by atoms with van der Waals surface area (Å²) in [4.78, 5) is 25.7. The van der Waals surface area contributed by atoms with Crippen molar-refractivity contribution in [2.45, 2.75) is 6.92 Å². The number of nitrogens with zero attached hydrogens (tertiary/aromatic N) is 2. The Labute approximate surface area is 113 Å². The molecule has 20 heavy (non-hydrogen) atoms. The van der Waals surface area contributed by atoms with Gasteiger partial charge in [-0.3, -0.25) is 4.79 Å². The number of rotatable bonds is 2. The second kappa shape index (κ2) is 4.34. The van der Waals surface area contributed by atoms with Crippen LogP contribution in [0.5, 0.6) is 0 Å². The summed E-state index contributed by atoms with van der Waals surface area (Å²) in [6.45, 7) is 1.68. The van der Waals surface area contributed by atoms with E-state index in [1.54, 1.807) is 6.92 Å². The zero-order valence-electron chi connectivity index (χ0n) is 10.6. The third-order valence-electron chi connectivity index (χ3n) is 3.19. The molecule has 3 rings (SSSR count). The molecular formula is C14H11N3O3. The monoisotopic (exact) mass is 269 g/mol. The third kappa shape index (κ3) is 1.70. The van der Waals surface area contributed by atoms with Crippen molar-refractivity contribution in [1.29, 1.82) is 0 Å². The highest BCUT2D eigenvalue weighted by molar-refractivity contribution is 5.94. The van der Waals surface area contributed by atoms with Crippen LogP contribution in [0.3, 0.4) is 0 Å². The molecule has 0 atom stereocenters. The number of aromatic nitrogens is 3. The molecular weight excluding hydrogens is 258 g/mol. The van der Waals surface area contributed by atoms with E-state index in [9.17, 15) is 9.59 Å². The number of aromatic amines is 1. The minimum atomic E-state index is -1.13. The number of carboxylic acids is 1. The van der Waals surface area contributed by atoms with Gasteiger partial charge in [0.05, 0.1) is 11.9 Å². The molecule has 0 amide bonds. The molecule has 3 aromatic rings. The number of hydrogen-bond donors (Lipinski definition) is 2. The van der Waals surface area contributed by atoms with Gasteiger partial charge in [0.1, 0.15) is 5.56 Å². The van der Waals surface area contributed by atoms with Crippen LogP contribution in [0.25, 0.3) is 16.9 Å². The second-order valence-electron chi connectivity index (χ2n) is 4.42. The Kier molecular flexibility index (Phi) is 2.64. The lowest BCUT2D eigenvalue weighted by atomic mass is 10.1. The van der Waals surface area contributed by atoms with E-state index in [1.165, 1.54) is 10.7 Å². The average molecular weight is 269 g/mol. The summed E-state index contributed by atoms with van der Waals surface area (Å²) in [5, 5.41) is 13.2. The molecule has 0 saturated carbocycles. The van der Waals surface area contributed by atoms with Gasteiger partial charge in [0.15, 0.2) is 5.65 Å². The van der Waals surface area contributed by atoms with Crippen LogP contribution in [0, 0.1) is 6.92 Å². The Hall–Kier alpha value is -2.89. The average Bonchev–Trinajstić information content (AvgIpc) is 2.84. The van der Waals surface area contributed by atoms with Crippen molar-refractivity contribution >= 4 is 11.6 Å². The van der Waals surface area contributed by atoms with E-state index in [4.69, 9.17) is 5.11 Å². The molecule has 2 N–H and O–H groups in total. The SMILES string of the molecule is Cc1c(-c2ccccc2)n2ncc(C(=O)O)c2[nH]c1=O. The maximum absolute atomic E-state index is 12.0. The molecule has 0 aliphatic rings. The van der Waals surface area contributed by atoms with Crippen molar-refractivity contribution in [2.75, 3.05) is 0 Å². The molecule has 1 aromatic carbocycles. The molecule has 100 valence electrons. The van der Waals surface area contributed by atoms with Crippen LogP contribution < -0.4 is 5.56 Å². The Morgan fingerprint density at radius 3 is 2.65 bits per heavy atom. The highest BCUT2D eigenvalue weighted by atomic mass is 16.4. The lowest BCUT2D eigenvalue weighted by Crippen LogP contribution is -2.16. The standard InChI is InChI=1S/C14H11N3O3/c1-8-11(9-5-3-2-4-6-9)17-12(16-13(8)18)10(7-15-17)14(19)20/h2-7H,1H3,(H,16,18)(H,19,20). The number of fused-ring (bicyclic) bond motifs is 1. The molecule has 2 heterocycles. The van der Waals surface area contributed by atoms with Gasteiger partial charge in [0.25, 0.3) is 5.56 Å². The molecule has 6 nitrogen and oxygen atoms in total. The molecule has 0 aliphatic heterocycles. The normalized spacial score (nSPS) is 10.8. The molecule has 0 bridgehead atoms. The predicted octanol–water partition coefficient (Wildman–Crippen LogP) is 1.70. The highest BCUT2D eigenvalue weighted by Gasteiger charge is 2.18. The highest BCUT2D eigenvalue weighted by Crippen LogP contribution is 2.22. The van der Waals surface area contributed by atoms with E-state index in [1.807, 2.05) is 30.3 Å². The van der Waals surface area contributed by atoms with Crippen molar-refractivity contribution in [3.8, 4) is 11.3 Å². The number of aromatic carboxylic acids is 1. The van der Waals surface area contributed by atoms with Crippen LogP contribution >= 0.6 is 0 Å². The Bertz CT molecular complexity index is 862. The van der Waals surface area contributed by atoms with Gasteiger partial charge in [-0.2, -0.15) is 5.10 Å². The number of nitrogens with one attached hydrogen (secondary N) is 1. The first-order valence-electron chi connectivity index (χ1n) is 5.99. The first-order chi connectivity index (χ1) is 9.59. The zero-order valence-corrected chi connectivity index (χ0v) is 10.6. The van der Waals surface area contributed by atoms with E-state index in [0.29, 0.717) is 11.3 Å². The van der Waals surface area contributed by atoms with Crippen LogP contribution in [-0.4, -0.2) is 25.7 Å². The number of benzene rings is 1. The molecule has 2 aromatic heterocycles. The summed E-state index contributed by atoms with van der Waals surface area (Å²) in [6, 6.07) is 9.27. The lowest BCUT2D eigenvalue weighted by Gasteiger charge is -2.08. The van der Waals surface area contributed by atoms with E-state index in [2.05, 4.69) is 10.1 Å². The molecule has 0 spiro atoms. The van der Waals surface area contributed by atoms with Crippen molar-refractivity contribution in [3.05, 3.63) is 58.0 Å². The van der Waals surface area contributed by atoms with Crippen LogP contribution in [0.15, 0.2) is 41.3 Å². The summed E-state index contributed by atoms with van der Waals surface area (Å²) in [5.41, 5.74) is 1.73. The first-order valence-corrected chi connectivity index (χ1v) is 5.99. The fourth-order valence-corrected chi connectivity index (χ4v) is 2.20. The van der Waals surface area contributed by atoms with Gasteiger partial charge in [-0.05, 0) is 6.92 Å². The van der Waals surface area contributed by atoms with E-state index in [0.717, 1.165) is 5.56 Å². The smallest absolute Gasteiger partial charge is 0.341 e. The number of carbonyl (C=O) groups is 1. The van der Waals surface area contributed by atoms with Gasteiger partial charge in [0, 0.05) is 11.1 Å². The maximum Gasteiger partial charge on any atom is 0.341 e. The van der Waals surface area contributed by atoms with Gasteiger partial charge in [-0.15, -0.1) is 0 Å². The van der Waals surface area contributed by atoms with Gasteiger partial charge in [-0.25, -0.2) is 9.31 Å². The topological polar surface area (TPSA) is 87.5 Å². The lowest BCUT2D eigenvalue weighted by molar-refractivity contribution is 0.0698. The molecule has 0 saturated heterocycles. The number of H-pyrrole nitrogens is 1. The summed E-state index contributed by atoms with van der Waals surface area (Å²) in [6.07, 6.45) is 1.24. The van der Waals surface area contributed by atoms with Crippen LogP contribution in [0.2, 0.25) is 0 Å². The molecule has 6 heteroatoms. The van der Waals surface area contributed by atoms with Gasteiger partial charge < -0.3 is 10.1 Å². The number of hydrogen-bond acceptors (Lipinski definition) is 3. The van der Waals surface area contributed by atoms with Crippen LogP contribution in [-0.2, 0) is 0 Å². The van der Waals surface area contributed by atoms with Gasteiger partial charge >= 0.3 is 5.97 Å². The maximum atomic E-state index is 12.0. The van der Waals surface area contributed by atoms with Crippen LogP contribution in [0.1, 0.15) is 15.9 Å². The largest absolute Gasteiger partial charge is 0.477 e. The summed E-state index contributed by atoms with van der Waals surface area (Å²) >= 11 is 0. The minimum absolute atomic E-state index is 0.0284. The predicted molar refractivity (Wildman–Crippen MR) is 72.9 cm³/mol. The minimum Gasteiger partial charge on any atom is -0.477 e. The molecule has 0 radical (unpaired) electrons. The Balaban J connectivity index is 2.45. The van der Waals surface area contributed by atoms with Gasteiger partial charge in [0.2, 0.25) is 0 Å². The quantitative estimate of drug-likeness (QED) is 0.741. The fourth-order valence-electron chi connectivity index (χ4n) is 2.20. The van der Waals surface area contributed by atoms with Crippen molar-refractivity contribution in [2.24, 2.45) is 0 Å².